The molecule has 1 heterocycles. The highest BCUT2D eigenvalue weighted by Gasteiger charge is 2.29. The molecule has 0 saturated heterocycles. The van der Waals surface area contributed by atoms with Gasteiger partial charge < -0.3 is 10.6 Å². The fraction of sp³-hybridized carbons (Fsp3) is 0.444. The summed E-state index contributed by atoms with van der Waals surface area (Å²) in [6, 6.07) is 8.34. The van der Waals surface area contributed by atoms with Gasteiger partial charge in [0, 0.05) is 29.6 Å². The van der Waals surface area contributed by atoms with Crippen LogP contribution in [0.1, 0.15) is 49.0 Å². The van der Waals surface area contributed by atoms with Gasteiger partial charge in [-0.3, -0.25) is 4.79 Å². The van der Waals surface area contributed by atoms with Crippen LogP contribution in [-0.4, -0.2) is 10.9 Å². The van der Waals surface area contributed by atoms with Gasteiger partial charge in [0.15, 0.2) is 0 Å². The molecular formula is C18H23N3OS. The molecule has 2 N–H and O–H groups in total. The van der Waals surface area contributed by atoms with E-state index in [0.29, 0.717) is 0 Å². The number of anilines is 1. The Bertz CT molecular complexity index is 661. The Morgan fingerprint density at radius 3 is 2.70 bits per heavy atom. The smallest absolute Gasteiger partial charge is 0.227 e. The fourth-order valence-corrected chi connectivity index (χ4v) is 3.16. The highest BCUT2D eigenvalue weighted by molar-refractivity contribution is 7.09. The van der Waals surface area contributed by atoms with E-state index in [1.165, 1.54) is 10.6 Å². The molecule has 5 heteroatoms. The summed E-state index contributed by atoms with van der Waals surface area (Å²) in [5.41, 5.74) is 3.19. The Morgan fingerprint density at radius 1 is 1.35 bits per heavy atom. The number of carbonyl (C=O) groups is 1. The van der Waals surface area contributed by atoms with Crippen molar-refractivity contribution >= 4 is 22.9 Å². The molecule has 1 aromatic heterocycles. The van der Waals surface area contributed by atoms with Gasteiger partial charge in [-0.2, -0.15) is 0 Å². The van der Waals surface area contributed by atoms with Crippen molar-refractivity contribution in [2.75, 3.05) is 5.32 Å². The van der Waals surface area contributed by atoms with Crippen LogP contribution in [0.15, 0.2) is 29.6 Å². The molecule has 3 rings (SSSR count). The molecule has 4 nitrogen and oxygen atoms in total. The van der Waals surface area contributed by atoms with Gasteiger partial charge in [0.05, 0.1) is 10.7 Å². The molecule has 0 radical (unpaired) electrons. The second-order valence-corrected chi connectivity index (χ2v) is 7.02. The van der Waals surface area contributed by atoms with Gasteiger partial charge in [0.25, 0.3) is 0 Å². The molecule has 1 aliphatic rings. The van der Waals surface area contributed by atoms with E-state index in [0.717, 1.165) is 37.2 Å². The first-order valence-electron chi connectivity index (χ1n) is 8.23. The lowest BCUT2D eigenvalue weighted by Crippen LogP contribution is -2.18. The molecule has 1 saturated carbocycles. The van der Waals surface area contributed by atoms with Crippen molar-refractivity contribution in [2.45, 2.75) is 45.7 Å². The van der Waals surface area contributed by atoms with E-state index < -0.39 is 0 Å². The number of benzene rings is 1. The Balaban J connectivity index is 1.52. The molecule has 1 atom stereocenters. The van der Waals surface area contributed by atoms with Crippen LogP contribution < -0.4 is 10.6 Å². The number of nitrogens with zero attached hydrogens (tertiary/aromatic N) is 1. The number of thiazole rings is 1. The van der Waals surface area contributed by atoms with Gasteiger partial charge in [-0.25, -0.2) is 4.98 Å². The zero-order chi connectivity index (χ0) is 16.2. The Morgan fingerprint density at radius 2 is 2.09 bits per heavy atom. The third kappa shape index (κ3) is 4.39. The van der Waals surface area contributed by atoms with E-state index in [1.807, 2.05) is 12.1 Å². The quantitative estimate of drug-likeness (QED) is 0.810. The average Bonchev–Trinajstić information content (AvgIpc) is 3.32. The van der Waals surface area contributed by atoms with E-state index in [4.69, 9.17) is 0 Å². The van der Waals surface area contributed by atoms with Crippen molar-refractivity contribution in [1.29, 1.82) is 0 Å². The molecule has 1 aliphatic carbocycles. The van der Waals surface area contributed by atoms with Crippen LogP contribution in [0.5, 0.6) is 0 Å². The van der Waals surface area contributed by atoms with Crippen molar-refractivity contribution < 1.29 is 4.79 Å². The SMILES string of the molecule is CCc1nc(CN[C@@H](C)c2ccc(NC(=O)C3CC3)cc2)cs1. The third-order valence-electron chi connectivity index (χ3n) is 4.12. The second kappa shape index (κ2) is 7.23. The first-order chi connectivity index (χ1) is 11.2. The van der Waals surface area contributed by atoms with Crippen LogP contribution >= 0.6 is 11.3 Å². The molecule has 2 aromatic rings. The van der Waals surface area contributed by atoms with Crippen LogP contribution in [0.3, 0.4) is 0 Å². The third-order valence-corrected chi connectivity index (χ3v) is 5.16. The predicted molar refractivity (Wildman–Crippen MR) is 94.5 cm³/mol. The van der Waals surface area contributed by atoms with E-state index in [1.54, 1.807) is 11.3 Å². The molecule has 122 valence electrons. The van der Waals surface area contributed by atoms with E-state index in [-0.39, 0.29) is 17.9 Å². The van der Waals surface area contributed by atoms with Crippen LogP contribution in [0.4, 0.5) is 5.69 Å². The zero-order valence-electron chi connectivity index (χ0n) is 13.6. The molecular weight excluding hydrogens is 306 g/mol. The fourth-order valence-electron chi connectivity index (χ4n) is 2.41. The topological polar surface area (TPSA) is 54.0 Å². The van der Waals surface area contributed by atoms with Crippen molar-refractivity contribution in [2.24, 2.45) is 5.92 Å². The number of amides is 1. The summed E-state index contributed by atoms with van der Waals surface area (Å²) in [5.74, 6) is 0.389. The van der Waals surface area contributed by atoms with E-state index >= 15 is 0 Å². The summed E-state index contributed by atoms with van der Waals surface area (Å²) < 4.78 is 0. The number of nitrogens with one attached hydrogen (secondary N) is 2. The molecule has 0 aliphatic heterocycles. The summed E-state index contributed by atoms with van der Waals surface area (Å²) in [6.07, 6.45) is 3.05. The van der Waals surface area contributed by atoms with E-state index in [9.17, 15) is 4.79 Å². The summed E-state index contributed by atoms with van der Waals surface area (Å²) >= 11 is 1.72. The monoisotopic (exact) mass is 329 g/mol. The van der Waals surface area contributed by atoms with E-state index in [2.05, 4.69) is 47.0 Å². The molecule has 1 amide bonds. The zero-order valence-corrected chi connectivity index (χ0v) is 14.5. The van der Waals surface area contributed by atoms with Crippen molar-refractivity contribution in [3.8, 4) is 0 Å². The summed E-state index contributed by atoms with van der Waals surface area (Å²) in [5, 5.41) is 9.77. The predicted octanol–water partition coefficient (Wildman–Crippen LogP) is 3.90. The van der Waals surface area contributed by atoms with Crippen LogP contribution in [-0.2, 0) is 17.8 Å². The maximum absolute atomic E-state index is 11.8. The highest BCUT2D eigenvalue weighted by atomic mass is 32.1. The number of carbonyl (C=O) groups excluding carboxylic acids is 1. The van der Waals surface area contributed by atoms with Gasteiger partial charge in [-0.1, -0.05) is 19.1 Å². The largest absolute Gasteiger partial charge is 0.326 e. The number of aryl methyl sites for hydroxylation is 1. The number of aromatic nitrogens is 1. The first-order valence-corrected chi connectivity index (χ1v) is 9.11. The van der Waals surface area contributed by atoms with Gasteiger partial charge in [-0.05, 0) is 43.9 Å². The van der Waals surface area contributed by atoms with Crippen LogP contribution in [0, 0.1) is 5.92 Å². The van der Waals surface area contributed by atoms with Crippen molar-refractivity contribution in [3.63, 3.8) is 0 Å². The second-order valence-electron chi connectivity index (χ2n) is 6.07. The van der Waals surface area contributed by atoms with Gasteiger partial charge in [0.1, 0.15) is 0 Å². The summed E-state index contributed by atoms with van der Waals surface area (Å²) in [7, 11) is 0. The van der Waals surface area contributed by atoms with Crippen molar-refractivity contribution in [3.05, 3.63) is 45.9 Å². The van der Waals surface area contributed by atoms with Crippen LogP contribution in [0.25, 0.3) is 0 Å². The Kier molecular flexibility index (Phi) is 5.08. The molecule has 0 unspecified atom stereocenters. The number of rotatable bonds is 7. The number of hydrogen-bond donors (Lipinski definition) is 2. The standard InChI is InChI=1S/C18H23N3OS/c1-3-17-20-16(11-23-17)10-19-12(2)13-6-8-15(9-7-13)21-18(22)14-4-5-14/h6-9,11-12,14,19H,3-5,10H2,1-2H3,(H,21,22)/t12-/m0/s1. The molecule has 23 heavy (non-hydrogen) atoms. The lowest BCUT2D eigenvalue weighted by atomic mass is 10.1. The maximum Gasteiger partial charge on any atom is 0.227 e. The van der Waals surface area contributed by atoms with Crippen LogP contribution in [0.2, 0.25) is 0 Å². The average molecular weight is 329 g/mol. The molecule has 0 spiro atoms. The Labute approximate surface area is 141 Å². The summed E-state index contributed by atoms with van der Waals surface area (Å²) in [6.45, 7) is 5.05. The van der Waals surface area contributed by atoms with Gasteiger partial charge >= 0.3 is 0 Å². The van der Waals surface area contributed by atoms with Crippen molar-refractivity contribution in [1.82, 2.24) is 10.3 Å². The molecule has 1 fully saturated rings. The first kappa shape index (κ1) is 16.1. The lowest BCUT2D eigenvalue weighted by molar-refractivity contribution is -0.117. The minimum Gasteiger partial charge on any atom is -0.326 e. The lowest BCUT2D eigenvalue weighted by Gasteiger charge is -2.14. The van der Waals surface area contributed by atoms with Gasteiger partial charge in [0.2, 0.25) is 5.91 Å². The normalized spacial score (nSPS) is 15.4. The summed E-state index contributed by atoms with van der Waals surface area (Å²) in [4.78, 5) is 16.3. The minimum absolute atomic E-state index is 0.152. The minimum atomic E-state index is 0.152. The molecule has 0 bridgehead atoms. The maximum atomic E-state index is 11.8. The highest BCUT2D eigenvalue weighted by Crippen LogP contribution is 2.30. The molecule has 1 aromatic carbocycles. The number of hydrogen-bond acceptors (Lipinski definition) is 4. The van der Waals surface area contributed by atoms with Gasteiger partial charge in [-0.15, -0.1) is 11.3 Å². The Hall–Kier alpha value is -1.72.